The minimum atomic E-state index is 0.900. The Morgan fingerprint density at radius 1 is 0.920 bits per heavy atom. The molecule has 0 unspecified atom stereocenters. The quantitative estimate of drug-likeness (QED) is 0.409. The van der Waals surface area contributed by atoms with Crippen LogP contribution in [0.1, 0.15) is 5.56 Å². The van der Waals surface area contributed by atoms with Gasteiger partial charge in [-0.15, -0.1) is 0 Å². The fraction of sp³-hybridized carbons (Fsp3) is 0.0909. The van der Waals surface area contributed by atoms with Crippen molar-refractivity contribution >= 4 is 32.8 Å². The van der Waals surface area contributed by atoms with Gasteiger partial charge in [-0.1, -0.05) is 24.3 Å². The molecule has 120 valence electrons. The van der Waals surface area contributed by atoms with E-state index in [9.17, 15) is 0 Å². The number of furan rings is 1. The maximum atomic E-state index is 6.33. The van der Waals surface area contributed by atoms with Crippen LogP contribution in [0.2, 0.25) is 0 Å². The maximum absolute atomic E-state index is 6.33. The molecule has 3 aromatic heterocycles. The van der Waals surface area contributed by atoms with Crippen LogP contribution in [-0.4, -0.2) is 4.98 Å². The van der Waals surface area contributed by atoms with Gasteiger partial charge in [0.25, 0.3) is 5.69 Å². The van der Waals surface area contributed by atoms with E-state index in [2.05, 4.69) is 66.1 Å². The Kier molecular flexibility index (Phi) is 2.92. The zero-order valence-corrected chi connectivity index (χ0v) is 14.2. The van der Waals surface area contributed by atoms with Crippen LogP contribution >= 0.6 is 0 Å². The SMILES string of the molecule is Cc1ccccc1-c1c2oc3ccc4ncccc4c3c2cc[n+]1C. The molecule has 3 nitrogen and oxygen atoms in total. The fourth-order valence-electron chi connectivity index (χ4n) is 3.68. The van der Waals surface area contributed by atoms with Gasteiger partial charge in [0, 0.05) is 28.4 Å². The predicted molar refractivity (Wildman–Crippen MR) is 100 cm³/mol. The Morgan fingerprint density at radius 2 is 1.80 bits per heavy atom. The molecular weight excluding hydrogens is 308 g/mol. The number of aryl methyl sites for hydroxylation is 2. The van der Waals surface area contributed by atoms with Crippen molar-refractivity contribution in [3.8, 4) is 11.3 Å². The largest absolute Gasteiger partial charge is 0.449 e. The molecule has 0 aliphatic carbocycles. The van der Waals surface area contributed by atoms with Gasteiger partial charge < -0.3 is 4.42 Å². The van der Waals surface area contributed by atoms with Gasteiger partial charge in [0.1, 0.15) is 12.6 Å². The van der Waals surface area contributed by atoms with Crippen molar-refractivity contribution in [1.82, 2.24) is 4.98 Å². The van der Waals surface area contributed by atoms with Crippen molar-refractivity contribution in [1.29, 1.82) is 0 Å². The van der Waals surface area contributed by atoms with Gasteiger partial charge in [-0.2, -0.15) is 4.57 Å². The second kappa shape index (κ2) is 5.15. The smallest absolute Gasteiger partial charge is 0.256 e. The molecule has 0 N–H and O–H groups in total. The lowest BCUT2D eigenvalue weighted by Gasteiger charge is -2.04. The third-order valence-corrected chi connectivity index (χ3v) is 4.91. The second-order valence-corrected chi connectivity index (χ2v) is 6.44. The topological polar surface area (TPSA) is 29.9 Å². The van der Waals surface area contributed by atoms with Crippen molar-refractivity contribution in [2.75, 3.05) is 0 Å². The van der Waals surface area contributed by atoms with E-state index in [4.69, 9.17) is 4.42 Å². The minimum Gasteiger partial charge on any atom is -0.449 e. The molecule has 0 bridgehead atoms. The van der Waals surface area contributed by atoms with Gasteiger partial charge in [0.2, 0.25) is 5.58 Å². The van der Waals surface area contributed by atoms with Crippen LogP contribution in [0.25, 0.3) is 44.1 Å². The zero-order valence-electron chi connectivity index (χ0n) is 14.2. The molecule has 3 heterocycles. The molecule has 0 spiro atoms. The van der Waals surface area contributed by atoms with E-state index < -0.39 is 0 Å². The Morgan fingerprint density at radius 3 is 2.68 bits per heavy atom. The summed E-state index contributed by atoms with van der Waals surface area (Å²) in [5.74, 6) is 0. The van der Waals surface area contributed by atoms with Crippen LogP contribution in [0.3, 0.4) is 0 Å². The molecule has 5 aromatic rings. The molecular formula is C22H17N2O+. The summed E-state index contributed by atoms with van der Waals surface area (Å²) in [6.45, 7) is 2.14. The Bertz CT molecular complexity index is 1270. The molecule has 25 heavy (non-hydrogen) atoms. The van der Waals surface area contributed by atoms with Gasteiger partial charge in [-0.25, -0.2) is 0 Å². The lowest BCUT2D eigenvalue weighted by Crippen LogP contribution is -2.30. The highest BCUT2D eigenvalue weighted by Crippen LogP contribution is 2.37. The number of hydrogen-bond acceptors (Lipinski definition) is 2. The summed E-state index contributed by atoms with van der Waals surface area (Å²) in [5, 5.41) is 3.39. The highest BCUT2D eigenvalue weighted by atomic mass is 16.3. The average molecular weight is 325 g/mol. The van der Waals surface area contributed by atoms with Crippen LogP contribution in [0.5, 0.6) is 0 Å². The third-order valence-electron chi connectivity index (χ3n) is 4.91. The molecule has 3 heteroatoms. The van der Waals surface area contributed by atoms with Crippen LogP contribution < -0.4 is 4.57 Å². The van der Waals surface area contributed by atoms with Gasteiger partial charge in [-0.3, -0.25) is 4.98 Å². The van der Waals surface area contributed by atoms with Crippen LogP contribution in [-0.2, 0) is 7.05 Å². The fourth-order valence-corrected chi connectivity index (χ4v) is 3.68. The average Bonchev–Trinajstić information content (AvgIpc) is 3.01. The molecule has 0 aliphatic rings. The normalized spacial score (nSPS) is 11.6. The minimum absolute atomic E-state index is 0.900. The first-order valence-electron chi connectivity index (χ1n) is 8.38. The zero-order chi connectivity index (χ0) is 17.0. The van der Waals surface area contributed by atoms with Gasteiger partial charge in [-0.05, 0) is 36.8 Å². The van der Waals surface area contributed by atoms with Crippen molar-refractivity contribution < 1.29 is 8.98 Å². The second-order valence-electron chi connectivity index (χ2n) is 6.44. The van der Waals surface area contributed by atoms with Crippen molar-refractivity contribution in [2.45, 2.75) is 6.92 Å². The number of pyridine rings is 2. The first-order valence-corrected chi connectivity index (χ1v) is 8.38. The Hall–Kier alpha value is -3.20. The lowest BCUT2D eigenvalue weighted by molar-refractivity contribution is -0.659. The first kappa shape index (κ1) is 14.2. The lowest BCUT2D eigenvalue weighted by atomic mass is 10.0. The van der Waals surface area contributed by atoms with E-state index in [1.165, 1.54) is 11.1 Å². The number of aromatic nitrogens is 2. The van der Waals surface area contributed by atoms with Crippen LogP contribution in [0.4, 0.5) is 0 Å². The number of benzene rings is 2. The first-order chi connectivity index (χ1) is 12.2. The maximum Gasteiger partial charge on any atom is 0.256 e. The highest BCUT2D eigenvalue weighted by Gasteiger charge is 2.22. The summed E-state index contributed by atoms with van der Waals surface area (Å²) in [5.41, 5.74) is 6.34. The summed E-state index contributed by atoms with van der Waals surface area (Å²) in [7, 11) is 2.06. The van der Waals surface area contributed by atoms with Gasteiger partial charge >= 0.3 is 0 Å². The Labute approximate surface area is 145 Å². The molecule has 0 amide bonds. The molecule has 0 saturated heterocycles. The van der Waals surface area contributed by atoms with E-state index in [1.807, 2.05) is 24.4 Å². The van der Waals surface area contributed by atoms with E-state index >= 15 is 0 Å². The summed E-state index contributed by atoms with van der Waals surface area (Å²) in [6, 6.07) is 18.7. The molecule has 5 rings (SSSR count). The van der Waals surface area contributed by atoms with Crippen LogP contribution in [0, 0.1) is 6.92 Å². The van der Waals surface area contributed by atoms with E-state index in [0.29, 0.717) is 0 Å². The summed E-state index contributed by atoms with van der Waals surface area (Å²) < 4.78 is 8.47. The summed E-state index contributed by atoms with van der Waals surface area (Å²) in [4.78, 5) is 4.48. The van der Waals surface area contributed by atoms with E-state index in [1.54, 1.807) is 0 Å². The molecule has 0 aliphatic heterocycles. The van der Waals surface area contributed by atoms with E-state index in [-0.39, 0.29) is 0 Å². The summed E-state index contributed by atoms with van der Waals surface area (Å²) in [6.07, 6.45) is 3.93. The third kappa shape index (κ3) is 1.99. The van der Waals surface area contributed by atoms with Crippen LogP contribution in [0.15, 0.2) is 71.4 Å². The molecule has 0 radical (unpaired) electrons. The number of hydrogen-bond donors (Lipinski definition) is 0. The van der Waals surface area contributed by atoms with Crippen molar-refractivity contribution in [3.05, 3.63) is 72.6 Å². The Balaban J connectivity index is 1.99. The monoisotopic (exact) mass is 325 g/mol. The number of rotatable bonds is 1. The number of fused-ring (bicyclic) bond motifs is 5. The molecule has 0 atom stereocenters. The molecule has 0 fully saturated rings. The van der Waals surface area contributed by atoms with Gasteiger partial charge in [0.15, 0.2) is 6.20 Å². The highest BCUT2D eigenvalue weighted by molar-refractivity contribution is 6.19. The standard InChI is InChI=1S/C22H17N2O/c1-14-6-3-4-7-15(14)21-22-17(11-13-24(21)2)20-16-8-5-12-23-18(16)9-10-19(20)25-22/h3-13H,1-2H3/q+1. The van der Waals surface area contributed by atoms with Crippen molar-refractivity contribution in [3.63, 3.8) is 0 Å². The van der Waals surface area contributed by atoms with E-state index in [0.717, 1.165) is 38.5 Å². The van der Waals surface area contributed by atoms with Crippen molar-refractivity contribution in [2.24, 2.45) is 7.05 Å². The molecule has 0 saturated carbocycles. The molecule has 2 aromatic carbocycles. The number of nitrogens with zero attached hydrogens (tertiary/aromatic N) is 2. The summed E-state index contributed by atoms with van der Waals surface area (Å²) >= 11 is 0. The predicted octanol–water partition coefficient (Wildman–Crippen LogP) is 4.93. The van der Waals surface area contributed by atoms with Gasteiger partial charge in [0.05, 0.1) is 11.1 Å².